The Morgan fingerprint density at radius 1 is 1.00 bits per heavy atom. The number of hydrogen-bond acceptors (Lipinski definition) is 3. The summed E-state index contributed by atoms with van der Waals surface area (Å²) >= 11 is 1.58. The summed E-state index contributed by atoms with van der Waals surface area (Å²) in [6, 6.07) is 11.3. The molecule has 106 valence electrons. The molecule has 0 amide bonds. The smallest absolute Gasteiger partial charge is 0.126 e. The van der Waals surface area contributed by atoms with Gasteiger partial charge in [0.15, 0.2) is 0 Å². The Morgan fingerprint density at radius 3 is 2.33 bits per heavy atom. The molecular weight excluding hydrogens is 290 g/mol. The van der Waals surface area contributed by atoms with E-state index in [9.17, 15) is 8.78 Å². The van der Waals surface area contributed by atoms with Gasteiger partial charge in [0.2, 0.25) is 0 Å². The maximum absolute atomic E-state index is 13.1. The zero-order valence-corrected chi connectivity index (χ0v) is 11.8. The van der Waals surface area contributed by atoms with Gasteiger partial charge in [0, 0.05) is 35.4 Å². The summed E-state index contributed by atoms with van der Waals surface area (Å²) in [5.74, 6) is -1.13. The fourth-order valence-electron chi connectivity index (χ4n) is 2.01. The number of hydrogen-bond donors (Lipinski definition) is 1. The van der Waals surface area contributed by atoms with Crippen LogP contribution in [0, 0.1) is 11.6 Å². The third-order valence-corrected chi connectivity index (χ3v) is 3.81. The minimum atomic E-state index is -0.564. The van der Waals surface area contributed by atoms with E-state index in [1.54, 1.807) is 17.5 Å². The van der Waals surface area contributed by atoms with Crippen LogP contribution < -0.4 is 5.32 Å². The Labute approximate surface area is 125 Å². The highest BCUT2D eigenvalue weighted by Crippen LogP contribution is 2.23. The molecule has 1 N–H and O–H groups in total. The maximum Gasteiger partial charge on any atom is 0.126 e. The zero-order chi connectivity index (χ0) is 14.7. The SMILES string of the molecule is Fc1cc(F)cc(CNc2ccc(-c3nccs3)cc2)c1. The summed E-state index contributed by atoms with van der Waals surface area (Å²) in [7, 11) is 0. The van der Waals surface area contributed by atoms with Crippen molar-refractivity contribution in [2.45, 2.75) is 6.54 Å². The number of thiazole rings is 1. The van der Waals surface area contributed by atoms with Crippen LogP contribution >= 0.6 is 11.3 Å². The van der Waals surface area contributed by atoms with Crippen LogP contribution in [0.15, 0.2) is 54.0 Å². The Morgan fingerprint density at radius 2 is 1.71 bits per heavy atom. The molecule has 2 nitrogen and oxygen atoms in total. The number of anilines is 1. The molecule has 0 aliphatic heterocycles. The van der Waals surface area contributed by atoms with Crippen molar-refractivity contribution in [2.75, 3.05) is 5.32 Å². The lowest BCUT2D eigenvalue weighted by Crippen LogP contribution is -2.00. The molecule has 3 rings (SSSR count). The lowest BCUT2D eigenvalue weighted by Gasteiger charge is -2.07. The first kappa shape index (κ1) is 13.7. The zero-order valence-electron chi connectivity index (χ0n) is 11.0. The van der Waals surface area contributed by atoms with Crippen LogP contribution in [0.4, 0.5) is 14.5 Å². The van der Waals surface area contributed by atoms with Crippen LogP contribution in [0.1, 0.15) is 5.56 Å². The topological polar surface area (TPSA) is 24.9 Å². The predicted octanol–water partition coefficient (Wildman–Crippen LogP) is 4.70. The average molecular weight is 302 g/mol. The summed E-state index contributed by atoms with van der Waals surface area (Å²) < 4.78 is 26.2. The van der Waals surface area contributed by atoms with Crippen LogP contribution in [0.2, 0.25) is 0 Å². The van der Waals surface area contributed by atoms with Gasteiger partial charge in [0.1, 0.15) is 16.6 Å². The van der Waals surface area contributed by atoms with Crippen molar-refractivity contribution in [2.24, 2.45) is 0 Å². The van der Waals surface area contributed by atoms with Gasteiger partial charge in [-0.25, -0.2) is 13.8 Å². The van der Waals surface area contributed by atoms with Crippen molar-refractivity contribution < 1.29 is 8.78 Å². The van der Waals surface area contributed by atoms with Gasteiger partial charge in [0.25, 0.3) is 0 Å². The summed E-state index contributed by atoms with van der Waals surface area (Å²) in [6.07, 6.45) is 1.77. The highest BCUT2D eigenvalue weighted by molar-refractivity contribution is 7.13. The van der Waals surface area contributed by atoms with Gasteiger partial charge in [-0.15, -0.1) is 11.3 Å². The monoisotopic (exact) mass is 302 g/mol. The third-order valence-electron chi connectivity index (χ3n) is 2.98. The minimum absolute atomic E-state index is 0.366. The van der Waals surface area contributed by atoms with E-state index >= 15 is 0 Å². The Hall–Kier alpha value is -2.27. The van der Waals surface area contributed by atoms with Crippen LogP contribution in [-0.2, 0) is 6.54 Å². The second kappa shape index (κ2) is 6.01. The number of rotatable bonds is 4. The maximum atomic E-state index is 13.1. The highest BCUT2D eigenvalue weighted by Gasteiger charge is 2.02. The van der Waals surface area contributed by atoms with E-state index in [1.165, 1.54) is 12.1 Å². The van der Waals surface area contributed by atoms with E-state index in [0.29, 0.717) is 12.1 Å². The Kier molecular flexibility index (Phi) is 3.92. The van der Waals surface area contributed by atoms with Gasteiger partial charge in [-0.05, 0) is 42.0 Å². The molecule has 0 atom stereocenters. The first-order valence-electron chi connectivity index (χ1n) is 6.39. The quantitative estimate of drug-likeness (QED) is 0.755. The van der Waals surface area contributed by atoms with E-state index in [-0.39, 0.29) is 0 Å². The lowest BCUT2D eigenvalue weighted by molar-refractivity contribution is 0.580. The van der Waals surface area contributed by atoms with E-state index in [4.69, 9.17) is 0 Å². The van der Waals surface area contributed by atoms with Crippen LogP contribution in [-0.4, -0.2) is 4.98 Å². The number of aromatic nitrogens is 1. The molecule has 3 aromatic rings. The summed E-state index contributed by atoms with van der Waals surface area (Å²) in [6.45, 7) is 0.366. The fourth-order valence-corrected chi connectivity index (χ4v) is 2.66. The molecule has 0 radical (unpaired) electrons. The Bertz CT molecular complexity index is 704. The van der Waals surface area contributed by atoms with Crippen molar-refractivity contribution >= 4 is 17.0 Å². The van der Waals surface area contributed by atoms with Crippen LogP contribution in [0.25, 0.3) is 10.6 Å². The van der Waals surface area contributed by atoms with Gasteiger partial charge in [-0.1, -0.05) is 0 Å². The summed E-state index contributed by atoms with van der Waals surface area (Å²) in [5, 5.41) is 6.03. The number of benzene rings is 2. The summed E-state index contributed by atoms with van der Waals surface area (Å²) in [5.41, 5.74) is 2.50. The molecule has 21 heavy (non-hydrogen) atoms. The molecule has 0 spiro atoms. The molecule has 0 aliphatic rings. The number of nitrogens with zero attached hydrogens (tertiary/aromatic N) is 1. The lowest BCUT2D eigenvalue weighted by atomic mass is 10.2. The molecular formula is C16H12F2N2S. The van der Waals surface area contributed by atoms with E-state index in [2.05, 4.69) is 10.3 Å². The predicted molar refractivity (Wildman–Crippen MR) is 81.2 cm³/mol. The molecule has 1 heterocycles. The molecule has 0 bridgehead atoms. The van der Waals surface area contributed by atoms with Crippen molar-refractivity contribution in [3.63, 3.8) is 0 Å². The van der Waals surface area contributed by atoms with Gasteiger partial charge < -0.3 is 5.32 Å². The molecule has 2 aromatic carbocycles. The van der Waals surface area contributed by atoms with Crippen molar-refractivity contribution in [1.82, 2.24) is 4.98 Å². The van der Waals surface area contributed by atoms with Crippen molar-refractivity contribution in [3.8, 4) is 10.6 Å². The van der Waals surface area contributed by atoms with Crippen LogP contribution in [0.5, 0.6) is 0 Å². The third kappa shape index (κ3) is 3.44. The van der Waals surface area contributed by atoms with Crippen molar-refractivity contribution in [3.05, 3.63) is 71.2 Å². The van der Waals surface area contributed by atoms with Gasteiger partial charge in [-0.3, -0.25) is 0 Å². The largest absolute Gasteiger partial charge is 0.381 e. The van der Waals surface area contributed by atoms with E-state index in [1.807, 2.05) is 29.6 Å². The normalized spacial score (nSPS) is 10.6. The standard InChI is InChI=1S/C16H12F2N2S/c17-13-7-11(8-14(18)9-13)10-20-15-3-1-12(2-4-15)16-19-5-6-21-16/h1-9,20H,10H2. The fraction of sp³-hybridized carbons (Fsp3) is 0.0625. The summed E-state index contributed by atoms with van der Waals surface area (Å²) in [4.78, 5) is 4.24. The number of halogens is 2. The molecule has 0 saturated carbocycles. The highest BCUT2D eigenvalue weighted by atomic mass is 32.1. The van der Waals surface area contributed by atoms with Gasteiger partial charge in [-0.2, -0.15) is 0 Å². The molecule has 0 saturated heterocycles. The molecule has 0 fully saturated rings. The second-order valence-corrected chi connectivity index (χ2v) is 5.44. The Balaban J connectivity index is 1.68. The van der Waals surface area contributed by atoms with Gasteiger partial charge >= 0.3 is 0 Å². The number of nitrogens with one attached hydrogen (secondary N) is 1. The molecule has 0 unspecified atom stereocenters. The molecule has 5 heteroatoms. The van der Waals surface area contributed by atoms with Gasteiger partial charge in [0.05, 0.1) is 0 Å². The van der Waals surface area contributed by atoms with E-state index in [0.717, 1.165) is 22.3 Å². The molecule has 1 aromatic heterocycles. The van der Waals surface area contributed by atoms with Crippen LogP contribution in [0.3, 0.4) is 0 Å². The first-order chi connectivity index (χ1) is 10.2. The molecule has 0 aliphatic carbocycles. The van der Waals surface area contributed by atoms with E-state index < -0.39 is 11.6 Å². The minimum Gasteiger partial charge on any atom is -0.381 e. The average Bonchev–Trinajstić information content (AvgIpc) is 2.99. The first-order valence-corrected chi connectivity index (χ1v) is 7.27. The van der Waals surface area contributed by atoms with Crippen molar-refractivity contribution in [1.29, 1.82) is 0 Å². The second-order valence-electron chi connectivity index (χ2n) is 4.55.